The summed E-state index contributed by atoms with van der Waals surface area (Å²) in [5.74, 6) is 0.728. The Morgan fingerprint density at radius 1 is 1.37 bits per heavy atom. The van der Waals surface area contributed by atoms with E-state index in [2.05, 4.69) is 29.1 Å². The molecule has 102 valence electrons. The summed E-state index contributed by atoms with van der Waals surface area (Å²) in [5.41, 5.74) is 3.72. The smallest absolute Gasteiger partial charge is 0.201 e. The highest BCUT2D eigenvalue weighted by Gasteiger charge is 2.13. The van der Waals surface area contributed by atoms with E-state index in [0.717, 1.165) is 28.1 Å². The second kappa shape index (κ2) is 5.43. The Balaban J connectivity index is 2.66. The van der Waals surface area contributed by atoms with Gasteiger partial charge in [0.2, 0.25) is 5.95 Å². The number of H-pyrrole nitrogens is 1. The number of hydrogen-bond donors (Lipinski definition) is 2. The number of anilines is 1. The average molecular weight is 298 g/mol. The van der Waals surface area contributed by atoms with Crippen LogP contribution in [0.5, 0.6) is 0 Å². The number of rotatable bonds is 3. The van der Waals surface area contributed by atoms with Gasteiger partial charge in [0, 0.05) is 11.6 Å². The number of benzene rings is 1. The third kappa shape index (κ3) is 3.04. The van der Waals surface area contributed by atoms with Gasteiger partial charge in [0.1, 0.15) is 0 Å². The minimum atomic E-state index is 0.304. The third-order valence-electron chi connectivity index (χ3n) is 2.56. The number of imidazole rings is 1. The van der Waals surface area contributed by atoms with E-state index in [-0.39, 0.29) is 0 Å². The second-order valence-electron chi connectivity index (χ2n) is 5.09. The maximum atomic E-state index is 6.28. The fourth-order valence-electron chi connectivity index (χ4n) is 1.88. The van der Waals surface area contributed by atoms with Gasteiger partial charge in [-0.05, 0) is 33.8 Å². The van der Waals surface area contributed by atoms with Crippen molar-refractivity contribution in [1.82, 2.24) is 9.97 Å². The molecule has 0 spiro atoms. The topological polar surface area (TPSA) is 40.7 Å². The summed E-state index contributed by atoms with van der Waals surface area (Å²) in [6, 6.07) is 2.11. The number of allylic oxidation sites excluding steroid dienone is 1. The third-order valence-corrected chi connectivity index (χ3v) is 3.36. The monoisotopic (exact) mass is 297 g/mol. The molecule has 0 radical (unpaired) electrons. The van der Waals surface area contributed by atoms with Gasteiger partial charge in [-0.2, -0.15) is 0 Å². The summed E-state index contributed by atoms with van der Waals surface area (Å²) < 4.78 is 0. The summed E-state index contributed by atoms with van der Waals surface area (Å²) in [4.78, 5) is 7.77. The largest absolute Gasteiger partial charge is 0.354 e. The maximum Gasteiger partial charge on any atom is 0.201 e. The van der Waals surface area contributed by atoms with Crippen molar-refractivity contribution < 1.29 is 0 Å². The number of aromatic amines is 1. The number of nitrogens with one attached hydrogen (secondary N) is 2. The van der Waals surface area contributed by atoms with E-state index in [9.17, 15) is 0 Å². The van der Waals surface area contributed by atoms with Crippen LogP contribution in [0.4, 0.5) is 5.95 Å². The summed E-state index contributed by atoms with van der Waals surface area (Å²) in [6.45, 7) is 8.15. The molecule has 0 saturated carbocycles. The fourth-order valence-corrected chi connectivity index (χ4v) is 2.29. The van der Waals surface area contributed by atoms with Gasteiger partial charge in [-0.25, -0.2) is 4.98 Å². The lowest BCUT2D eigenvalue weighted by Crippen LogP contribution is -2.10. The molecule has 0 aliphatic heterocycles. The molecule has 19 heavy (non-hydrogen) atoms. The summed E-state index contributed by atoms with van der Waals surface area (Å²) in [7, 11) is 0. The Hall–Kier alpha value is -1.19. The average Bonchev–Trinajstić information content (AvgIpc) is 2.65. The Bertz CT molecular complexity index is 638. The van der Waals surface area contributed by atoms with Crippen LogP contribution in [0.2, 0.25) is 10.0 Å². The van der Waals surface area contributed by atoms with Crippen LogP contribution in [0.25, 0.3) is 17.1 Å². The number of nitrogens with zero attached hydrogens (tertiary/aromatic N) is 1. The van der Waals surface area contributed by atoms with E-state index < -0.39 is 0 Å². The van der Waals surface area contributed by atoms with Gasteiger partial charge in [0.05, 0.1) is 21.1 Å². The molecule has 2 rings (SSSR count). The highest BCUT2D eigenvalue weighted by Crippen LogP contribution is 2.34. The molecule has 3 nitrogen and oxygen atoms in total. The lowest BCUT2D eigenvalue weighted by molar-refractivity contribution is 0.883. The van der Waals surface area contributed by atoms with Crippen LogP contribution in [0.1, 0.15) is 33.3 Å². The molecule has 0 amide bonds. The number of hydrogen-bond acceptors (Lipinski definition) is 2. The molecule has 0 atom stereocenters. The SMILES string of the molecule is CC(C)=Cc1c(Cl)c(Cl)cc2[nH]c(NC(C)C)nc12. The minimum absolute atomic E-state index is 0.304. The van der Waals surface area contributed by atoms with Crippen molar-refractivity contribution in [2.75, 3.05) is 5.32 Å². The van der Waals surface area contributed by atoms with Crippen molar-refractivity contribution in [3.63, 3.8) is 0 Å². The zero-order valence-corrected chi connectivity index (χ0v) is 12.9. The van der Waals surface area contributed by atoms with Gasteiger partial charge >= 0.3 is 0 Å². The lowest BCUT2D eigenvalue weighted by atomic mass is 10.1. The normalized spacial score (nSPS) is 11.1. The highest BCUT2D eigenvalue weighted by molar-refractivity contribution is 6.44. The number of aromatic nitrogens is 2. The predicted octanol–water partition coefficient (Wildman–Crippen LogP) is 5.11. The van der Waals surface area contributed by atoms with Crippen molar-refractivity contribution in [1.29, 1.82) is 0 Å². The van der Waals surface area contributed by atoms with Gasteiger partial charge in [-0.3, -0.25) is 0 Å². The van der Waals surface area contributed by atoms with Gasteiger partial charge in [-0.15, -0.1) is 0 Å². The first-order valence-electron chi connectivity index (χ1n) is 6.17. The van der Waals surface area contributed by atoms with Crippen LogP contribution >= 0.6 is 23.2 Å². The van der Waals surface area contributed by atoms with Crippen LogP contribution in [-0.2, 0) is 0 Å². The molecular weight excluding hydrogens is 281 g/mol. The van der Waals surface area contributed by atoms with Crippen molar-refractivity contribution in [3.8, 4) is 0 Å². The van der Waals surface area contributed by atoms with Crippen LogP contribution in [0.15, 0.2) is 11.6 Å². The zero-order valence-electron chi connectivity index (χ0n) is 11.4. The van der Waals surface area contributed by atoms with Crippen LogP contribution in [0, 0.1) is 0 Å². The van der Waals surface area contributed by atoms with Gasteiger partial charge < -0.3 is 10.3 Å². The second-order valence-corrected chi connectivity index (χ2v) is 5.87. The van der Waals surface area contributed by atoms with E-state index in [1.165, 1.54) is 0 Å². The Morgan fingerprint density at radius 2 is 2.05 bits per heavy atom. The molecule has 0 aliphatic rings. The predicted molar refractivity (Wildman–Crippen MR) is 84.2 cm³/mol. The summed E-state index contributed by atoms with van der Waals surface area (Å²) >= 11 is 12.4. The molecule has 1 aromatic carbocycles. The molecule has 2 N–H and O–H groups in total. The molecule has 0 bridgehead atoms. The van der Waals surface area contributed by atoms with Gasteiger partial charge in [0.15, 0.2) is 0 Å². The van der Waals surface area contributed by atoms with E-state index in [1.54, 1.807) is 6.07 Å². The fraction of sp³-hybridized carbons (Fsp3) is 0.357. The Kier molecular flexibility index (Phi) is 4.07. The molecule has 2 aromatic rings. The molecule has 0 unspecified atom stereocenters. The molecule has 0 fully saturated rings. The summed E-state index contributed by atoms with van der Waals surface area (Å²) in [6.07, 6.45) is 2.00. The van der Waals surface area contributed by atoms with E-state index >= 15 is 0 Å². The molecule has 1 aromatic heterocycles. The van der Waals surface area contributed by atoms with Crippen LogP contribution in [-0.4, -0.2) is 16.0 Å². The van der Waals surface area contributed by atoms with Crippen molar-refractivity contribution >= 4 is 46.3 Å². The van der Waals surface area contributed by atoms with E-state index in [0.29, 0.717) is 16.1 Å². The number of fused-ring (bicyclic) bond motifs is 1. The van der Waals surface area contributed by atoms with Gasteiger partial charge in [0.25, 0.3) is 0 Å². The molecule has 0 saturated heterocycles. The first kappa shape index (κ1) is 14.2. The maximum absolute atomic E-state index is 6.28. The molecule has 1 heterocycles. The Morgan fingerprint density at radius 3 is 2.63 bits per heavy atom. The summed E-state index contributed by atoms with van der Waals surface area (Å²) in [5, 5.41) is 4.31. The molecular formula is C14H17Cl2N3. The van der Waals surface area contributed by atoms with Gasteiger partial charge in [-0.1, -0.05) is 34.9 Å². The lowest BCUT2D eigenvalue weighted by Gasteiger charge is -2.04. The molecule has 0 aliphatic carbocycles. The van der Waals surface area contributed by atoms with E-state index in [1.807, 2.05) is 19.9 Å². The first-order valence-corrected chi connectivity index (χ1v) is 6.93. The zero-order chi connectivity index (χ0) is 14.2. The standard InChI is InChI=1S/C14H17Cl2N3/c1-7(2)5-9-12(16)10(15)6-11-13(9)19-14(18-11)17-8(3)4/h5-6,8H,1-4H3,(H2,17,18,19). The van der Waals surface area contributed by atoms with Crippen molar-refractivity contribution in [3.05, 3.63) is 27.2 Å². The van der Waals surface area contributed by atoms with Crippen LogP contribution in [0.3, 0.4) is 0 Å². The quantitative estimate of drug-likeness (QED) is 0.826. The molecule has 5 heteroatoms. The number of halogens is 2. The van der Waals surface area contributed by atoms with E-state index in [4.69, 9.17) is 23.2 Å². The van der Waals surface area contributed by atoms with Crippen molar-refractivity contribution in [2.45, 2.75) is 33.7 Å². The highest BCUT2D eigenvalue weighted by atomic mass is 35.5. The minimum Gasteiger partial charge on any atom is -0.354 e. The first-order chi connectivity index (χ1) is 8.88. The van der Waals surface area contributed by atoms with Crippen molar-refractivity contribution in [2.24, 2.45) is 0 Å². The van der Waals surface area contributed by atoms with Crippen LogP contribution < -0.4 is 5.32 Å². The Labute approximate surface area is 123 Å².